The van der Waals surface area contributed by atoms with Gasteiger partial charge in [0.25, 0.3) is 0 Å². The van der Waals surface area contributed by atoms with Crippen LogP contribution in [0, 0.1) is 0 Å². The molecule has 0 aliphatic heterocycles. The van der Waals surface area contributed by atoms with Crippen LogP contribution in [-0.4, -0.2) is 17.4 Å². The summed E-state index contributed by atoms with van der Waals surface area (Å²) in [6.07, 6.45) is -3.00. The molecule has 5 nitrogen and oxygen atoms in total. The number of fused-ring (bicyclic) bond motifs is 1. The number of rotatable bonds is 4. The largest absolute Gasteiger partial charge is 0.573 e. The van der Waals surface area contributed by atoms with Crippen molar-refractivity contribution >= 4 is 34.2 Å². The van der Waals surface area contributed by atoms with Crippen molar-refractivity contribution in [2.45, 2.75) is 19.3 Å². The van der Waals surface area contributed by atoms with Crippen LogP contribution in [0.3, 0.4) is 0 Å². The van der Waals surface area contributed by atoms with Crippen LogP contribution < -0.4 is 15.4 Å². The van der Waals surface area contributed by atoms with E-state index in [1.54, 1.807) is 25.3 Å². The van der Waals surface area contributed by atoms with Crippen LogP contribution in [0.5, 0.6) is 5.75 Å². The van der Waals surface area contributed by atoms with Gasteiger partial charge in [0.15, 0.2) is 0 Å². The summed E-state index contributed by atoms with van der Waals surface area (Å²) in [7, 11) is 0. The molecular weight excluding hydrogens is 383 g/mol. The summed E-state index contributed by atoms with van der Waals surface area (Å²) < 4.78 is 40.4. The smallest absolute Gasteiger partial charge is 0.406 e. The highest BCUT2D eigenvalue weighted by molar-refractivity contribution is 6.35. The van der Waals surface area contributed by atoms with E-state index in [-0.39, 0.29) is 5.75 Å². The topological polar surface area (TPSA) is 66.2 Å². The third kappa shape index (κ3) is 4.85. The number of halogens is 4. The summed E-state index contributed by atoms with van der Waals surface area (Å²) in [6, 6.07) is 9.59. The summed E-state index contributed by atoms with van der Waals surface area (Å²) in [4.78, 5) is 15.2. The van der Waals surface area contributed by atoms with Crippen LogP contribution in [-0.2, 0) is 0 Å². The van der Waals surface area contributed by atoms with E-state index in [1.807, 2.05) is 6.07 Å². The molecule has 3 rings (SSSR count). The Labute approximate surface area is 157 Å². The van der Waals surface area contributed by atoms with Crippen LogP contribution >= 0.6 is 11.6 Å². The quantitative estimate of drug-likeness (QED) is 0.536. The minimum atomic E-state index is -4.74. The van der Waals surface area contributed by atoms with Gasteiger partial charge >= 0.3 is 12.4 Å². The van der Waals surface area contributed by atoms with Gasteiger partial charge in [0.1, 0.15) is 5.75 Å². The molecule has 1 heterocycles. The average molecular weight is 398 g/mol. The predicted molar refractivity (Wildman–Crippen MR) is 97.0 cm³/mol. The van der Waals surface area contributed by atoms with Crippen molar-refractivity contribution in [3.63, 3.8) is 0 Å². The van der Waals surface area contributed by atoms with E-state index in [4.69, 9.17) is 11.6 Å². The van der Waals surface area contributed by atoms with Gasteiger partial charge in [-0.15, -0.1) is 13.2 Å². The molecule has 0 saturated heterocycles. The number of hydrogen-bond acceptors (Lipinski definition) is 2. The molecule has 2 aromatic carbocycles. The van der Waals surface area contributed by atoms with Crippen LogP contribution in [0.1, 0.15) is 18.5 Å². The van der Waals surface area contributed by atoms with Crippen LogP contribution in [0.25, 0.3) is 10.9 Å². The summed E-state index contributed by atoms with van der Waals surface area (Å²) in [5, 5.41) is 6.73. The highest BCUT2D eigenvalue weighted by Crippen LogP contribution is 2.27. The van der Waals surface area contributed by atoms with Gasteiger partial charge in [-0.1, -0.05) is 23.7 Å². The standard InChI is InChI=1S/C18H15ClF3N3O2/c1-10(11-2-4-13(5-3-11)27-18(20,21)22)24-17(26)25-12-8-15(19)14-6-7-23-16(14)9-12/h2-10,23H,1H3,(H2,24,25,26). The number of aromatic amines is 1. The molecule has 1 atom stereocenters. The van der Waals surface area contributed by atoms with Crippen LogP contribution in [0.4, 0.5) is 23.7 Å². The Morgan fingerprint density at radius 1 is 1.19 bits per heavy atom. The molecule has 1 unspecified atom stereocenters. The van der Waals surface area contributed by atoms with E-state index in [0.29, 0.717) is 16.3 Å². The maximum Gasteiger partial charge on any atom is 0.573 e. The zero-order valence-corrected chi connectivity index (χ0v) is 14.8. The van der Waals surface area contributed by atoms with Crippen LogP contribution in [0.15, 0.2) is 48.7 Å². The minimum Gasteiger partial charge on any atom is -0.406 e. The second-order valence-corrected chi connectivity index (χ2v) is 6.24. The van der Waals surface area contributed by atoms with Crippen LogP contribution in [0.2, 0.25) is 5.02 Å². The molecule has 1 aromatic heterocycles. The predicted octanol–water partition coefficient (Wildman–Crippen LogP) is 5.60. The van der Waals surface area contributed by atoms with Crippen molar-refractivity contribution in [1.82, 2.24) is 10.3 Å². The fraction of sp³-hybridized carbons (Fsp3) is 0.167. The van der Waals surface area contributed by atoms with Crippen molar-refractivity contribution in [3.8, 4) is 5.75 Å². The van der Waals surface area contributed by atoms with E-state index < -0.39 is 18.4 Å². The highest BCUT2D eigenvalue weighted by atomic mass is 35.5. The SMILES string of the molecule is CC(NC(=O)Nc1cc(Cl)c2cc[nH]c2c1)c1ccc(OC(F)(F)F)cc1. The van der Waals surface area contributed by atoms with E-state index >= 15 is 0 Å². The second kappa shape index (κ2) is 7.40. The Morgan fingerprint density at radius 3 is 2.56 bits per heavy atom. The number of carbonyl (C=O) groups excluding carboxylic acids is 1. The number of nitrogens with one attached hydrogen (secondary N) is 3. The molecule has 0 radical (unpaired) electrons. The van der Waals surface area contributed by atoms with E-state index in [9.17, 15) is 18.0 Å². The Kier molecular flexibility index (Phi) is 5.18. The van der Waals surface area contributed by atoms with Crippen molar-refractivity contribution in [3.05, 3.63) is 59.2 Å². The minimum absolute atomic E-state index is 0.322. The number of ether oxygens (including phenoxy) is 1. The Hall–Kier alpha value is -2.87. The summed E-state index contributed by atoms with van der Waals surface area (Å²) in [6.45, 7) is 1.71. The lowest BCUT2D eigenvalue weighted by molar-refractivity contribution is -0.274. The molecular formula is C18H15ClF3N3O2. The number of amides is 2. The first-order valence-electron chi connectivity index (χ1n) is 7.91. The van der Waals surface area contributed by atoms with Gasteiger partial charge in [-0.2, -0.15) is 0 Å². The number of benzene rings is 2. The van der Waals surface area contributed by atoms with Crippen molar-refractivity contribution < 1.29 is 22.7 Å². The average Bonchev–Trinajstić information content (AvgIpc) is 3.02. The van der Waals surface area contributed by atoms with Gasteiger partial charge < -0.3 is 20.4 Å². The molecule has 27 heavy (non-hydrogen) atoms. The highest BCUT2D eigenvalue weighted by Gasteiger charge is 2.31. The molecule has 0 fully saturated rings. The number of aromatic nitrogens is 1. The second-order valence-electron chi connectivity index (χ2n) is 5.83. The van der Waals surface area contributed by atoms with Crippen molar-refractivity contribution in [1.29, 1.82) is 0 Å². The third-order valence-corrected chi connectivity index (χ3v) is 4.15. The number of alkyl halides is 3. The number of anilines is 1. The zero-order chi connectivity index (χ0) is 19.6. The fourth-order valence-electron chi connectivity index (χ4n) is 2.60. The molecule has 0 saturated carbocycles. The molecule has 0 bridgehead atoms. The van der Waals surface area contributed by atoms with Gasteiger partial charge in [-0.05, 0) is 42.8 Å². The molecule has 142 valence electrons. The molecule has 0 spiro atoms. The Balaban J connectivity index is 1.62. The van der Waals surface area contributed by atoms with Crippen molar-refractivity contribution in [2.75, 3.05) is 5.32 Å². The lowest BCUT2D eigenvalue weighted by Crippen LogP contribution is -2.31. The molecule has 9 heteroatoms. The Morgan fingerprint density at radius 2 is 1.89 bits per heavy atom. The summed E-state index contributed by atoms with van der Waals surface area (Å²) in [5.41, 5.74) is 1.91. The number of H-pyrrole nitrogens is 1. The normalized spacial score (nSPS) is 12.6. The van der Waals surface area contributed by atoms with Gasteiger partial charge in [-0.25, -0.2) is 4.79 Å². The number of urea groups is 1. The van der Waals surface area contributed by atoms with Gasteiger partial charge in [0.2, 0.25) is 0 Å². The van der Waals surface area contributed by atoms with E-state index in [0.717, 1.165) is 10.9 Å². The van der Waals surface area contributed by atoms with Crippen molar-refractivity contribution in [2.24, 2.45) is 0 Å². The molecule has 3 N–H and O–H groups in total. The first-order valence-corrected chi connectivity index (χ1v) is 8.29. The van der Waals surface area contributed by atoms with E-state index in [1.165, 1.54) is 24.3 Å². The van der Waals surface area contributed by atoms with Gasteiger partial charge in [0.05, 0.1) is 11.1 Å². The monoisotopic (exact) mass is 397 g/mol. The molecule has 0 aliphatic rings. The molecule has 3 aromatic rings. The first-order chi connectivity index (χ1) is 12.7. The number of hydrogen-bond donors (Lipinski definition) is 3. The maximum absolute atomic E-state index is 12.2. The fourth-order valence-corrected chi connectivity index (χ4v) is 2.88. The lowest BCUT2D eigenvalue weighted by atomic mass is 10.1. The zero-order valence-electron chi connectivity index (χ0n) is 14.0. The number of carbonyl (C=O) groups is 1. The maximum atomic E-state index is 12.2. The van der Waals surface area contributed by atoms with E-state index in [2.05, 4.69) is 20.4 Å². The first kappa shape index (κ1) is 18.9. The summed E-state index contributed by atoms with van der Waals surface area (Å²) >= 11 is 6.17. The van der Waals surface area contributed by atoms with Gasteiger partial charge in [0, 0.05) is 22.8 Å². The molecule has 0 aliphatic carbocycles. The Bertz CT molecular complexity index is 955. The van der Waals surface area contributed by atoms with Gasteiger partial charge in [-0.3, -0.25) is 0 Å². The lowest BCUT2D eigenvalue weighted by Gasteiger charge is -2.16. The molecule has 2 amide bonds. The third-order valence-electron chi connectivity index (χ3n) is 3.84. The summed E-state index contributed by atoms with van der Waals surface area (Å²) in [5.74, 6) is -0.322.